The molecule has 1 saturated heterocycles. The number of rotatable bonds is 6. The molecule has 2 aromatic carbocycles. The monoisotopic (exact) mass is 496 g/mol. The predicted molar refractivity (Wildman–Crippen MR) is 129 cm³/mol. The molecular formula is C25H28N4O5S. The number of amides is 1. The molecule has 2 aliphatic heterocycles. The molecular weight excluding hydrogens is 468 g/mol. The molecule has 9 nitrogen and oxygen atoms in total. The Labute approximate surface area is 204 Å². The maximum Gasteiger partial charge on any atom is 0.243 e. The standard InChI is InChI=1S/C25H28N4O5S/c1-18(19-2-4-21(5-3-19)28-13-10-26-17-28)27-25(30)20-8-11-29(12-9-20)35(31,32)22-6-7-23-24(16-22)34-15-14-33-23/h2-7,10,13,16-18,20H,8-9,11-12,14-15H2,1H3,(H,27,30)/t18-/m1/s1. The van der Waals surface area contributed by atoms with Gasteiger partial charge in [-0.3, -0.25) is 4.79 Å². The van der Waals surface area contributed by atoms with Crippen molar-refractivity contribution in [3.8, 4) is 17.2 Å². The summed E-state index contributed by atoms with van der Waals surface area (Å²) in [5.74, 6) is 0.719. The number of hydrogen-bond acceptors (Lipinski definition) is 6. The summed E-state index contributed by atoms with van der Waals surface area (Å²) >= 11 is 0. The molecule has 1 aromatic heterocycles. The van der Waals surface area contributed by atoms with E-state index >= 15 is 0 Å². The number of imidazole rings is 1. The van der Waals surface area contributed by atoms with Crippen molar-refractivity contribution in [3.05, 3.63) is 66.7 Å². The van der Waals surface area contributed by atoms with Crippen molar-refractivity contribution in [1.82, 2.24) is 19.2 Å². The normalized spacial score (nSPS) is 17.6. The summed E-state index contributed by atoms with van der Waals surface area (Å²) < 4.78 is 40.7. The number of piperidine rings is 1. The van der Waals surface area contributed by atoms with E-state index in [4.69, 9.17) is 9.47 Å². The number of benzene rings is 2. The smallest absolute Gasteiger partial charge is 0.243 e. The van der Waals surface area contributed by atoms with Crippen LogP contribution in [-0.4, -0.2) is 54.5 Å². The second-order valence-corrected chi connectivity index (χ2v) is 10.7. The Kier molecular flexibility index (Phi) is 6.48. The van der Waals surface area contributed by atoms with Crippen LogP contribution in [0, 0.1) is 5.92 Å². The summed E-state index contributed by atoms with van der Waals surface area (Å²) in [5, 5.41) is 3.08. The maximum atomic E-state index is 13.1. The van der Waals surface area contributed by atoms with E-state index in [0.717, 1.165) is 11.3 Å². The van der Waals surface area contributed by atoms with E-state index in [1.54, 1.807) is 24.7 Å². The minimum absolute atomic E-state index is 0.0486. The molecule has 0 bridgehead atoms. The lowest BCUT2D eigenvalue weighted by molar-refractivity contribution is -0.126. The third kappa shape index (κ3) is 4.89. The molecule has 10 heteroatoms. The van der Waals surface area contributed by atoms with Gasteiger partial charge in [-0.15, -0.1) is 0 Å². The number of hydrogen-bond donors (Lipinski definition) is 1. The van der Waals surface area contributed by atoms with E-state index in [2.05, 4.69) is 10.3 Å². The topological polar surface area (TPSA) is 103 Å². The number of carbonyl (C=O) groups excluding carboxylic acids is 1. The third-order valence-electron chi connectivity index (χ3n) is 6.53. The maximum absolute atomic E-state index is 13.1. The Balaban J connectivity index is 1.17. The van der Waals surface area contributed by atoms with Gasteiger partial charge in [-0.05, 0) is 49.6 Å². The molecule has 1 fully saturated rings. The van der Waals surface area contributed by atoms with Gasteiger partial charge in [-0.1, -0.05) is 12.1 Å². The fourth-order valence-electron chi connectivity index (χ4n) is 4.45. The first-order valence-electron chi connectivity index (χ1n) is 11.7. The Bertz CT molecular complexity index is 1280. The van der Waals surface area contributed by atoms with Crippen molar-refractivity contribution < 1.29 is 22.7 Å². The van der Waals surface area contributed by atoms with Crippen molar-refractivity contribution in [3.63, 3.8) is 0 Å². The summed E-state index contributed by atoms with van der Waals surface area (Å²) in [6.45, 7) is 3.38. The fraction of sp³-hybridized carbons (Fsp3) is 0.360. The highest BCUT2D eigenvalue weighted by atomic mass is 32.2. The highest BCUT2D eigenvalue weighted by Gasteiger charge is 2.33. The summed E-state index contributed by atoms with van der Waals surface area (Å²) in [7, 11) is -3.67. The van der Waals surface area contributed by atoms with E-state index in [-0.39, 0.29) is 22.8 Å². The van der Waals surface area contributed by atoms with Gasteiger partial charge in [0.1, 0.15) is 13.2 Å². The van der Waals surface area contributed by atoms with Crippen molar-refractivity contribution in [2.45, 2.75) is 30.7 Å². The van der Waals surface area contributed by atoms with Crippen LogP contribution in [0.5, 0.6) is 11.5 Å². The van der Waals surface area contributed by atoms with Crippen LogP contribution in [-0.2, 0) is 14.8 Å². The quantitative estimate of drug-likeness (QED) is 0.563. The number of fused-ring (bicyclic) bond motifs is 1. The van der Waals surface area contributed by atoms with E-state index in [0.29, 0.717) is 50.6 Å². The molecule has 1 atom stereocenters. The molecule has 0 spiro atoms. The number of ether oxygens (including phenoxy) is 2. The summed E-state index contributed by atoms with van der Waals surface area (Å²) in [4.78, 5) is 17.1. The van der Waals surface area contributed by atoms with Crippen LogP contribution in [0.1, 0.15) is 31.4 Å². The zero-order chi connectivity index (χ0) is 24.4. The van der Waals surface area contributed by atoms with Crippen LogP contribution in [0.4, 0.5) is 0 Å². The number of sulfonamides is 1. The highest BCUT2D eigenvalue weighted by molar-refractivity contribution is 7.89. The van der Waals surface area contributed by atoms with Crippen molar-refractivity contribution in [2.24, 2.45) is 5.92 Å². The van der Waals surface area contributed by atoms with Gasteiger partial charge in [0.05, 0.1) is 17.3 Å². The second kappa shape index (κ2) is 9.71. The summed E-state index contributed by atoms with van der Waals surface area (Å²) in [5.41, 5.74) is 2.00. The minimum Gasteiger partial charge on any atom is -0.486 e. The van der Waals surface area contributed by atoms with Crippen LogP contribution in [0.25, 0.3) is 5.69 Å². The molecule has 0 radical (unpaired) electrons. The lowest BCUT2D eigenvalue weighted by Crippen LogP contribution is -2.43. The Morgan fingerprint density at radius 1 is 1.06 bits per heavy atom. The molecule has 3 aromatic rings. The van der Waals surface area contributed by atoms with Gasteiger partial charge >= 0.3 is 0 Å². The first kappa shape index (κ1) is 23.4. The largest absolute Gasteiger partial charge is 0.486 e. The SMILES string of the molecule is C[C@@H](NC(=O)C1CCN(S(=O)(=O)c2ccc3c(c2)OCCO3)CC1)c1ccc(-n2ccnc2)cc1. The van der Waals surface area contributed by atoms with Crippen LogP contribution < -0.4 is 14.8 Å². The number of nitrogens with zero attached hydrogens (tertiary/aromatic N) is 3. The van der Waals surface area contributed by atoms with Gasteiger partial charge in [-0.25, -0.2) is 13.4 Å². The van der Waals surface area contributed by atoms with Crippen LogP contribution in [0.15, 0.2) is 66.1 Å². The predicted octanol–water partition coefficient (Wildman–Crippen LogP) is 2.92. The van der Waals surface area contributed by atoms with Gasteiger partial charge in [0, 0.05) is 43.2 Å². The van der Waals surface area contributed by atoms with Crippen molar-refractivity contribution in [2.75, 3.05) is 26.3 Å². The zero-order valence-electron chi connectivity index (χ0n) is 19.5. The lowest BCUT2D eigenvalue weighted by Gasteiger charge is -2.31. The van der Waals surface area contributed by atoms with E-state index in [9.17, 15) is 13.2 Å². The van der Waals surface area contributed by atoms with Gasteiger partial charge in [0.25, 0.3) is 0 Å². The first-order valence-corrected chi connectivity index (χ1v) is 13.1. The van der Waals surface area contributed by atoms with Crippen LogP contribution in [0.3, 0.4) is 0 Å². The first-order chi connectivity index (χ1) is 16.9. The second-order valence-electron chi connectivity index (χ2n) is 8.78. The molecule has 184 valence electrons. The van der Waals surface area contributed by atoms with E-state index in [1.807, 2.05) is 42.0 Å². The van der Waals surface area contributed by atoms with E-state index in [1.165, 1.54) is 10.4 Å². The molecule has 1 amide bonds. The molecule has 0 saturated carbocycles. The van der Waals surface area contributed by atoms with Crippen LogP contribution >= 0.6 is 0 Å². The minimum atomic E-state index is -3.67. The Morgan fingerprint density at radius 2 is 1.77 bits per heavy atom. The van der Waals surface area contributed by atoms with Crippen molar-refractivity contribution >= 4 is 15.9 Å². The summed E-state index contributed by atoms with van der Waals surface area (Å²) in [6, 6.07) is 12.5. The highest BCUT2D eigenvalue weighted by Crippen LogP contribution is 2.34. The number of nitrogens with one attached hydrogen (secondary N) is 1. The Morgan fingerprint density at radius 3 is 2.46 bits per heavy atom. The van der Waals surface area contributed by atoms with Crippen molar-refractivity contribution in [1.29, 1.82) is 0 Å². The van der Waals surface area contributed by atoms with Gasteiger partial charge in [0.15, 0.2) is 11.5 Å². The molecule has 35 heavy (non-hydrogen) atoms. The molecule has 1 N–H and O–H groups in total. The lowest BCUT2D eigenvalue weighted by atomic mass is 9.96. The number of carbonyl (C=O) groups is 1. The van der Waals surface area contributed by atoms with E-state index < -0.39 is 10.0 Å². The molecule has 3 heterocycles. The van der Waals surface area contributed by atoms with Gasteiger partial charge in [0.2, 0.25) is 15.9 Å². The van der Waals surface area contributed by atoms with Gasteiger partial charge < -0.3 is 19.4 Å². The molecule has 5 rings (SSSR count). The molecule has 0 unspecified atom stereocenters. The molecule has 0 aliphatic carbocycles. The number of aromatic nitrogens is 2. The Hall–Kier alpha value is -3.37. The zero-order valence-corrected chi connectivity index (χ0v) is 20.3. The average Bonchev–Trinajstić information content (AvgIpc) is 3.43. The summed E-state index contributed by atoms with van der Waals surface area (Å²) in [6.07, 6.45) is 6.29. The molecule has 2 aliphatic rings. The third-order valence-corrected chi connectivity index (χ3v) is 8.43. The van der Waals surface area contributed by atoms with Crippen LogP contribution in [0.2, 0.25) is 0 Å². The average molecular weight is 497 g/mol. The van der Waals surface area contributed by atoms with Gasteiger partial charge in [-0.2, -0.15) is 4.31 Å². The fourth-order valence-corrected chi connectivity index (χ4v) is 5.94.